The molecular weight excluding hydrogens is 224 g/mol. The van der Waals surface area contributed by atoms with Gasteiger partial charge in [-0.3, -0.25) is 4.79 Å². The third-order valence-corrected chi connectivity index (χ3v) is 2.85. The van der Waals surface area contributed by atoms with Crippen molar-refractivity contribution in [2.75, 3.05) is 13.6 Å². The van der Waals surface area contributed by atoms with E-state index in [9.17, 15) is 4.79 Å². The zero-order valence-electron chi connectivity index (χ0n) is 11.0. The Bertz CT molecular complexity index is 176. The summed E-state index contributed by atoms with van der Waals surface area (Å²) < 4.78 is 0. The van der Waals surface area contributed by atoms with Crippen molar-refractivity contribution >= 4 is 18.3 Å². The number of nitrogens with one attached hydrogen (secondary N) is 2. The zero-order chi connectivity index (χ0) is 11.7. The van der Waals surface area contributed by atoms with Gasteiger partial charge in [-0.1, -0.05) is 26.7 Å². The molecule has 2 unspecified atom stereocenters. The Hall–Kier alpha value is -0.280. The lowest BCUT2D eigenvalue weighted by molar-refractivity contribution is -0.125. The summed E-state index contributed by atoms with van der Waals surface area (Å²) in [5, 5.41) is 6.10. The first-order valence-corrected chi connectivity index (χ1v) is 6.10. The minimum atomic E-state index is 0. The number of carbonyl (C=O) groups is 1. The minimum absolute atomic E-state index is 0. The molecule has 0 aromatic heterocycles. The number of hydrogen-bond donors (Lipinski definition) is 2. The number of likely N-dealkylation sites (N-methyl/N-ethyl adjacent to an activating group) is 1. The van der Waals surface area contributed by atoms with Crippen LogP contribution in [0.1, 0.15) is 46.5 Å². The summed E-state index contributed by atoms with van der Waals surface area (Å²) in [5.41, 5.74) is 0. The van der Waals surface area contributed by atoms with E-state index in [1.54, 1.807) is 0 Å². The lowest BCUT2D eigenvalue weighted by Gasteiger charge is -2.17. The highest BCUT2D eigenvalue weighted by molar-refractivity contribution is 5.85. The Kier molecular flexibility index (Phi) is 12.7. The predicted molar refractivity (Wildman–Crippen MR) is 72.1 cm³/mol. The van der Waals surface area contributed by atoms with Crippen molar-refractivity contribution < 1.29 is 4.79 Å². The fourth-order valence-corrected chi connectivity index (χ4v) is 1.47. The summed E-state index contributed by atoms with van der Waals surface area (Å²) in [6.07, 6.45) is 4.27. The van der Waals surface area contributed by atoms with E-state index in [4.69, 9.17) is 0 Å². The Morgan fingerprint density at radius 1 is 1.31 bits per heavy atom. The molecule has 16 heavy (non-hydrogen) atoms. The Morgan fingerprint density at radius 2 is 1.94 bits per heavy atom. The van der Waals surface area contributed by atoms with E-state index in [1.165, 1.54) is 0 Å². The molecule has 0 aliphatic carbocycles. The molecule has 1 amide bonds. The largest absolute Gasteiger partial charge is 0.354 e. The Labute approximate surface area is 106 Å². The average molecular weight is 251 g/mol. The summed E-state index contributed by atoms with van der Waals surface area (Å²) in [5.74, 6) is 0.419. The van der Waals surface area contributed by atoms with Gasteiger partial charge < -0.3 is 10.6 Å². The topological polar surface area (TPSA) is 41.1 Å². The lowest BCUT2D eigenvalue weighted by Crippen LogP contribution is -2.39. The molecule has 0 radical (unpaired) electrons. The van der Waals surface area contributed by atoms with Gasteiger partial charge in [0, 0.05) is 18.5 Å². The molecular formula is C12H27ClN2O. The molecule has 0 aliphatic heterocycles. The van der Waals surface area contributed by atoms with Gasteiger partial charge in [-0.2, -0.15) is 0 Å². The molecule has 2 atom stereocenters. The maximum atomic E-state index is 11.8. The fourth-order valence-electron chi connectivity index (χ4n) is 1.47. The quantitative estimate of drug-likeness (QED) is 0.694. The van der Waals surface area contributed by atoms with Gasteiger partial charge in [0.25, 0.3) is 0 Å². The van der Waals surface area contributed by atoms with E-state index in [0.29, 0.717) is 6.04 Å². The number of hydrogen-bond acceptors (Lipinski definition) is 2. The zero-order valence-corrected chi connectivity index (χ0v) is 11.8. The van der Waals surface area contributed by atoms with Crippen LogP contribution < -0.4 is 10.6 Å². The molecule has 98 valence electrons. The molecule has 0 saturated carbocycles. The third kappa shape index (κ3) is 7.94. The van der Waals surface area contributed by atoms with Crippen LogP contribution in [0.3, 0.4) is 0 Å². The Morgan fingerprint density at radius 3 is 2.38 bits per heavy atom. The van der Waals surface area contributed by atoms with E-state index >= 15 is 0 Å². The van der Waals surface area contributed by atoms with Crippen molar-refractivity contribution in [1.82, 2.24) is 10.6 Å². The molecule has 0 aromatic rings. The van der Waals surface area contributed by atoms with E-state index in [-0.39, 0.29) is 24.2 Å². The highest BCUT2D eigenvalue weighted by Gasteiger charge is 2.15. The van der Waals surface area contributed by atoms with Crippen molar-refractivity contribution in [3.05, 3.63) is 0 Å². The molecule has 0 fully saturated rings. The second-order valence-electron chi connectivity index (χ2n) is 4.18. The monoisotopic (exact) mass is 250 g/mol. The fraction of sp³-hybridized carbons (Fsp3) is 0.917. The summed E-state index contributed by atoms with van der Waals surface area (Å²) in [6, 6.07) is 0.345. The highest BCUT2D eigenvalue weighted by Crippen LogP contribution is 2.12. The predicted octanol–water partition coefficient (Wildman–Crippen LogP) is 2.35. The molecule has 0 bridgehead atoms. The van der Waals surface area contributed by atoms with Crippen LogP contribution in [-0.2, 0) is 4.79 Å². The van der Waals surface area contributed by atoms with Crippen LogP contribution in [0.5, 0.6) is 0 Å². The van der Waals surface area contributed by atoms with E-state index in [1.807, 2.05) is 7.05 Å². The minimum Gasteiger partial charge on any atom is -0.354 e. The summed E-state index contributed by atoms with van der Waals surface area (Å²) >= 11 is 0. The number of halogens is 1. The van der Waals surface area contributed by atoms with Crippen molar-refractivity contribution in [2.24, 2.45) is 5.92 Å². The first-order chi connectivity index (χ1) is 7.15. The summed E-state index contributed by atoms with van der Waals surface area (Å²) in [7, 11) is 1.91. The van der Waals surface area contributed by atoms with Gasteiger partial charge in [-0.25, -0.2) is 0 Å². The molecule has 4 heteroatoms. The second-order valence-corrected chi connectivity index (χ2v) is 4.18. The number of unbranched alkanes of at least 4 members (excludes halogenated alkanes) is 1. The maximum Gasteiger partial charge on any atom is 0.223 e. The van der Waals surface area contributed by atoms with Gasteiger partial charge in [0.05, 0.1) is 0 Å². The lowest BCUT2D eigenvalue weighted by atomic mass is 9.98. The van der Waals surface area contributed by atoms with Crippen LogP contribution in [0.15, 0.2) is 0 Å². The Balaban J connectivity index is 0. The molecule has 0 rings (SSSR count). The first kappa shape index (κ1) is 18.1. The maximum absolute atomic E-state index is 11.8. The van der Waals surface area contributed by atoms with Gasteiger partial charge in [-0.15, -0.1) is 12.4 Å². The standard InChI is InChI=1S/C12H26N2O.ClH/c1-5-7-8-11(6-2)12(15)14-9-10(3)13-4;/h10-11,13H,5-9H2,1-4H3,(H,14,15);1H. The van der Waals surface area contributed by atoms with Gasteiger partial charge in [0.2, 0.25) is 5.91 Å². The summed E-state index contributed by atoms with van der Waals surface area (Å²) in [4.78, 5) is 11.8. The van der Waals surface area contributed by atoms with Gasteiger partial charge in [0.1, 0.15) is 0 Å². The van der Waals surface area contributed by atoms with Crippen molar-refractivity contribution in [1.29, 1.82) is 0 Å². The molecule has 0 saturated heterocycles. The van der Waals surface area contributed by atoms with Gasteiger partial charge >= 0.3 is 0 Å². The van der Waals surface area contributed by atoms with Gasteiger partial charge in [-0.05, 0) is 26.8 Å². The van der Waals surface area contributed by atoms with E-state index in [0.717, 1.165) is 32.2 Å². The van der Waals surface area contributed by atoms with Gasteiger partial charge in [0.15, 0.2) is 0 Å². The molecule has 0 aliphatic rings. The second kappa shape index (κ2) is 11.2. The van der Waals surface area contributed by atoms with Crippen molar-refractivity contribution in [3.63, 3.8) is 0 Å². The molecule has 3 nitrogen and oxygen atoms in total. The number of amides is 1. The molecule has 0 aromatic carbocycles. The van der Waals surface area contributed by atoms with E-state index < -0.39 is 0 Å². The van der Waals surface area contributed by atoms with Crippen molar-refractivity contribution in [3.8, 4) is 0 Å². The molecule has 2 N–H and O–H groups in total. The number of rotatable bonds is 8. The molecule has 0 spiro atoms. The first-order valence-electron chi connectivity index (χ1n) is 6.10. The molecule has 0 heterocycles. The third-order valence-electron chi connectivity index (χ3n) is 2.85. The normalized spacial score (nSPS) is 13.8. The SMILES string of the molecule is CCCCC(CC)C(=O)NCC(C)NC.Cl. The van der Waals surface area contributed by atoms with Crippen LogP contribution in [0.25, 0.3) is 0 Å². The van der Waals surface area contributed by atoms with Crippen LogP contribution in [-0.4, -0.2) is 25.5 Å². The van der Waals surface area contributed by atoms with Crippen molar-refractivity contribution in [2.45, 2.75) is 52.5 Å². The number of carbonyl (C=O) groups excluding carboxylic acids is 1. The van der Waals surface area contributed by atoms with Crippen LogP contribution in [0, 0.1) is 5.92 Å². The van der Waals surface area contributed by atoms with Crippen LogP contribution in [0.2, 0.25) is 0 Å². The summed E-state index contributed by atoms with van der Waals surface area (Å²) in [6.45, 7) is 7.03. The smallest absolute Gasteiger partial charge is 0.223 e. The van der Waals surface area contributed by atoms with E-state index in [2.05, 4.69) is 31.4 Å². The highest BCUT2D eigenvalue weighted by atomic mass is 35.5. The van der Waals surface area contributed by atoms with Crippen LogP contribution >= 0.6 is 12.4 Å². The average Bonchev–Trinajstić information content (AvgIpc) is 2.26. The van der Waals surface area contributed by atoms with Crippen LogP contribution in [0.4, 0.5) is 0 Å².